The molecule has 4 atom stereocenters. The minimum atomic E-state index is -1.12. The van der Waals surface area contributed by atoms with Gasteiger partial charge >= 0.3 is 0 Å². The van der Waals surface area contributed by atoms with Crippen LogP contribution in [0.25, 0.3) is 0 Å². The Hall–Kier alpha value is -2.22. The van der Waals surface area contributed by atoms with Crippen molar-refractivity contribution >= 4 is 17.6 Å². The summed E-state index contributed by atoms with van der Waals surface area (Å²) >= 11 is 1.46. The highest BCUT2D eigenvalue weighted by Gasteiger charge is 2.93. The lowest BCUT2D eigenvalue weighted by Crippen LogP contribution is -2.34. The molecule has 1 spiro atoms. The molecule has 0 bridgehead atoms. The molecule has 2 heterocycles. The molecule has 1 aromatic carbocycles. The van der Waals surface area contributed by atoms with E-state index >= 15 is 0 Å². The van der Waals surface area contributed by atoms with Gasteiger partial charge in [-0.25, -0.2) is 4.99 Å². The van der Waals surface area contributed by atoms with E-state index in [0.29, 0.717) is 6.61 Å². The highest BCUT2D eigenvalue weighted by molar-refractivity contribution is 8.00. The molecule has 1 aliphatic carbocycles. The first-order chi connectivity index (χ1) is 11.1. The van der Waals surface area contributed by atoms with Crippen LogP contribution in [-0.2, 0) is 4.74 Å². The summed E-state index contributed by atoms with van der Waals surface area (Å²) in [5, 5.41) is 18.8. The Morgan fingerprint density at radius 2 is 2.09 bits per heavy atom. The zero-order valence-corrected chi connectivity index (χ0v) is 13.3. The Labute approximate surface area is 137 Å². The molecule has 0 radical (unpaired) electrons. The van der Waals surface area contributed by atoms with Crippen molar-refractivity contribution in [2.45, 2.75) is 11.0 Å². The van der Waals surface area contributed by atoms with Gasteiger partial charge in [0, 0.05) is 11.7 Å². The number of aliphatic imine (C=N–C) groups is 1. The fraction of sp³-hybridized carbons (Fsp3) is 0.438. The minimum Gasteiger partial charge on any atom is -0.497 e. The Morgan fingerprint density at radius 1 is 1.35 bits per heavy atom. The molecule has 0 amide bonds. The molecule has 1 aromatic rings. The summed E-state index contributed by atoms with van der Waals surface area (Å²) in [5.41, 5.74) is 4.81. The highest BCUT2D eigenvalue weighted by atomic mass is 32.2. The fourth-order valence-electron chi connectivity index (χ4n) is 4.01. The maximum atomic E-state index is 9.99. The van der Waals surface area contributed by atoms with Gasteiger partial charge in [-0.3, -0.25) is 0 Å². The topological polar surface area (TPSA) is 104 Å². The van der Waals surface area contributed by atoms with Gasteiger partial charge in [0.25, 0.3) is 0 Å². The van der Waals surface area contributed by atoms with E-state index in [-0.39, 0.29) is 11.8 Å². The smallest absolute Gasteiger partial charge is 0.230 e. The lowest BCUT2D eigenvalue weighted by Gasteiger charge is -2.26. The zero-order valence-electron chi connectivity index (χ0n) is 12.4. The standard InChI is InChI=1S/C16H14N4O2S/c1-21-11-4-2-10(3-5-11)12-14(8-17)13(19)20-16(15(12,14)9-18)22-6-7-23-16/h2-5,12H,6-7H2,1H3,(H2,19,20)/t12-,14+,15+,16+/m0/s1. The van der Waals surface area contributed by atoms with E-state index in [4.69, 9.17) is 15.2 Å². The molecular formula is C16H14N4O2S. The van der Waals surface area contributed by atoms with Gasteiger partial charge in [0.2, 0.25) is 5.06 Å². The van der Waals surface area contributed by atoms with Crippen molar-refractivity contribution in [2.24, 2.45) is 21.6 Å². The van der Waals surface area contributed by atoms with Gasteiger partial charge in [0.05, 0.1) is 25.9 Å². The zero-order chi connectivity index (χ0) is 16.3. The van der Waals surface area contributed by atoms with E-state index in [0.717, 1.165) is 17.1 Å². The number of fused-ring (bicyclic) bond motifs is 2. The van der Waals surface area contributed by atoms with Gasteiger partial charge in [0.15, 0.2) is 5.41 Å². The summed E-state index contributed by atoms with van der Waals surface area (Å²) in [7, 11) is 1.59. The molecule has 3 aliphatic rings. The van der Waals surface area contributed by atoms with Crippen molar-refractivity contribution in [1.82, 2.24) is 0 Å². The molecular weight excluding hydrogens is 312 g/mol. The number of hydrogen-bond acceptors (Lipinski definition) is 7. The number of hydrogen-bond donors (Lipinski definition) is 1. The SMILES string of the molecule is COc1ccc([C@@H]2[C@@]3(C#N)[C@@]4(N=C(N)[C@@]23C#N)OCCS4)cc1. The Kier molecular flexibility index (Phi) is 2.76. The summed E-state index contributed by atoms with van der Waals surface area (Å²) in [4.78, 5) is 4.41. The fourth-order valence-corrected chi connectivity index (χ4v) is 5.34. The van der Waals surface area contributed by atoms with Crippen LogP contribution in [0, 0.1) is 33.5 Å². The minimum absolute atomic E-state index is 0.205. The van der Waals surface area contributed by atoms with E-state index < -0.39 is 15.9 Å². The van der Waals surface area contributed by atoms with E-state index in [1.807, 2.05) is 24.3 Å². The van der Waals surface area contributed by atoms with Crippen molar-refractivity contribution in [2.75, 3.05) is 19.5 Å². The maximum absolute atomic E-state index is 9.99. The molecule has 1 saturated heterocycles. The van der Waals surface area contributed by atoms with Gasteiger partial charge in [-0.05, 0) is 17.7 Å². The van der Waals surface area contributed by atoms with Crippen molar-refractivity contribution in [3.05, 3.63) is 29.8 Å². The third-order valence-electron chi connectivity index (χ3n) is 5.06. The summed E-state index contributed by atoms with van der Waals surface area (Å²) in [6, 6.07) is 12.0. The number of nitrogens with zero attached hydrogens (tertiary/aromatic N) is 3. The second-order valence-corrected chi connectivity index (χ2v) is 7.07. The lowest BCUT2D eigenvalue weighted by atomic mass is 9.95. The maximum Gasteiger partial charge on any atom is 0.230 e. The Morgan fingerprint density at radius 3 is 2.61 bits per heavy atom. The number of nitrogens with two attached hydrogens (primary N) is 1. The molecule has 23 heavy (non-hydrogen) atoms. The van der Waals surface area contributed by atoms with Crippen molar-refractivity contribution < 1.29 is 9.47 Å². The number of ether oxygens (including phenoxy) is 2. The third kappa shape index (κ3) is 1.36. The molecule has 0 unspecified atom stereocenters. The number of amidine groups is 1. The molecule has 7 heteroatoms. The van der Waals surface area contributed by atoms with Crippen LogP contribution >= 0.6 is 11.8 Å². The van der Waals surface area contributed by atoms with Crippen molar-refractivity contribution in [1.29, 1.82) is 10.5 Å². The number of nitriles is 2. The molecule has 116 valence electrons. The molecule has 2 aliphatic heterocycles. The highest BCUT2D eigenvalue weighted by Crippen LogP contribution is 2.84. The second-order valence-electron chi connectivity index (χ2n) is 5.82. The monoisotopic (exact) mass is 326 g/mol. The molecule has 6 nitrogen and oxygen atoms in total. The molecule has 0 aromatic heterocycles. The number of rotatable bonds is 2. The van der Waals surface area contributed by atoms with Crippen LogP contribution in [0.15, 0.2) is 29.3 Å². The molecule has 2 fully saturated rings. The number of thioether (sulfide) groups is 1. The van der Waals surface area contributed by atoms with Gasteiger partial charge in [-0.15, -0.1) is 0 Å². The van der Waals surface area contributed by atoms with Crippen LogP contribution < -0.4 is 10.5 Å². The van der Waals surface area contributed by atoms with Gasteiger partial charge in [-0.1, -0.05) is 23.9 Å². The average Bonchev–Trinajstić information content (AvgIpc) is 2.83. The number of methoxy groups -OCH3 is 1. The summed E-state index contributed by atoms with van der Waals surface area (Å²) in [6.45, 7) is 0.502. The summed E-state index contributed by atoms with van der Waals surface area (Å²) in [5.74, 6) is 1.31. The van der Waals surface area contributed by atoms with Crippen LogP contribution in [0.5, 0.6) is 5.75 Å². The normalized spacial score (nSPS) is 40.1. The summed E-state index contributed by atoms with van der Waals surface area (Å²) < 4.78 is 11.0. The van der Waals surface area contributed by atoms with Crippen molar-refractivity contribution in [3.63, 3.8) is 0 Å². The van der Waals surface area contributed by atoms with Crippen LogP contribution in [0.1, 0.15) is 11.5 Å². The van der Waals surface area contributed by atoms with E-state index in [9.17, 15) is 10.5 Å². The quantitative estimate of drug-likeness (QED) is 0.885. The van der Waals surface area contributed by atoms with Gasteiger partial charge < -0.3 is 15.2 Å². The first-order valence-corrected chi connectivity index (χ1v) is 8.20. The molecule has 1 saturated carbocycles. The van der Waals surface area contributed by atoms with Crippen LogP contribution in [0.4, 0.5) is 0 Å². The van der Waals surface area contributed by atoms with E-state index in [2.05, 4.69) is 17.1 Å². The predicted molar refractivity (Wildman–Crippen MR) is 84.6 cm³/mol. The van der Waals surface area contributed by atoms with Crippen LogP contribution in [0.2, 0.25) is 0 Å². The van der Waals surface area contributed by atoms with Gasteiger partial charge in [0.1, 0.15) is 17.0 Å². The van der Waals surface area contributed by atoms with Gasteiger partial charge in [-0.2, -0.15) is 10.5 Å². The van der Waals surface area contributed by atoms with Crippen molar-refractivity contribution in [3.8, 4) is 17.9 Å². The van der Waals surface area contributed by atoms with Crippen LogP contribution in [0.3, 0.4) is 0 Å². The molecule has 4 rings (SSSR count). The van der Waals surface area contributed by atoms with Crippen LogP contribution in [-0.4, -0.2) is 30.4 Å². The first-order valence-electron chi connectivity index (χ1n) is 7.22. The Balaban J connectivity index is 1.87. The largest absolute Gasteiger partial charge is 0.497 e. The van der Waals surface area contributed by atoms with E-state index in [1.54, 1.807) is 7.11 Å². The van der Waals surface area contributed by atoms with E-state index in [1.165, 1.54) is 11.8 Å². The second kappa shape index (κ2) is 4.41. The predicted octanol–water partition coefficient (Wildman–Crippen LogP) is 1.60. The first kappa shape index (κ1) is 14.4. The average molecular weight is 326 g/mol. The third-order valence-corrected chi connectivity index (χ3v) is 6.35. The number of benzene rings is 1. The molecule has 2 N–H and O–H groups in total. The lowest BCUT2D eigenvalue weighted by molar-refractivity contribution is 0.0200. The summed E-state index contributed by atoms with van der Waals surface area (Å²) in [6.07, 6.45) is 0. The Bertz CT molecular complexity index is 788.